The lowest BCUT2D eigenvalue weighted by Crippen LogP contribution is -2.60. The van der Waals surface area contributed by atoms with Gasteiger partial charge in [0.25, 0.3) is 5.91 Å². The third-order valence-corrected chi connectivity index (χ3v) is 5.09. The summed E-state index contributed by atoms with van der Waals surface area (Å²) in [5, 5.41) is 0. The molecule has 2 fully saturated rings. The summed E-state index contributed by atoms with van der Waals surface area (Å²) in [4.78, 5) is 26.1. The summed E-state index contributed by atoms with van der Waals surface area (Å²) in [5.74, 6) is -0.873. The number of piperidine rings is 1. The lowest BCUT2D eigenvalue weighted by atomic mass is 9.77. The van der Waals surface area contributed by atoms with Crippen molar-refractivity contribution >= 4 is 34.9 Å². The van der Waals surface area contributed by atoms with Crippen LogP contribution < -0.4 is 0 Å². The molecule has 2 aliphatic rings. The minimum absolute atomic E-state index is 0.0129. The molecule has 1 saturated heterocycles. The van der Waals surface area contributed by atoms with Crippen LogP contribution in [0.25, 0.3) is 0 Å². The first-order valence-corrected chi connectivity index (χ1v) is 7.51. The Morgan fingerprint density at radius 2 is 1.90 bits per heavy atom. The van der Waals surface area contributed by atoms with Gasteiger partial charge in [0.1, 0.15) is 5.78 Å². The highest BCUT2D eigenvalue weighted by atomic mass is 35.5. The number of fused-ring (bicyclic) bond motifs is 2. The van der Waals surface area contributed by atoms with Crippen molar-refractivity contribution in [2.75, 3.05) is 0 Å². The van der Waals surface area contributed by atoms with Crippen molar-refractivity contribution in [1.29, 1.82) is 0 Å². The Morgan fingerprint density at radius 1 is 1.20 bits per heavy atom. The van der Waals surface area contributed by atoms with E-state index in [9.17, 15) is 9.59 Å². The molecule has 20 heavy (non-hydrogen) atoms. The van der Waals surface area contributed by atoms with E-state index >= 15 is 0 Å². The fraction of sp³-hybridized carbons (Fsp3) is 0.467. The highest BCUT2D eigenvalue weighted by Gasteiger charge is 2.56. The van der Waals surface area contributed by atoms with Crippen LogP contribution in [-0.2, 0) is 16.1 Å². The van der Waals surface area contributed by atoms with E-state index in [1.165, 1.54) is 0 Å². The van der Waals surface area contributed by atoms with Crippen LogP contribution in [-0.4, -0.2) is 27.0 Å². The molecule has 1 amide bonds. The summed E-state index contributed by atoms with van der Waals surface area (Å²) < 4.78 is -1.61. The molecule has 0 N–H and O–H groups in total. The second-order valence-electron chi connectivity index (χ2n) is 5.49. The van der Waals surface area contributed by atoms with Crippen LogP contribution in [0.15, 0.2) is 30.3 Å². The van der Waals surface area contributed by atoms with Crippen LogP contribution >= 0.6 is 23.2 Å². The normalized spacial score (nSPS) is 28.6. The summed E-state index contributed by atoms with van der Waals surface area (Å²) in [6.07, 6.45) is 1.73. The third kappa shape index (κ3) is 2.23. The number of carbonyl (C=O) groups excluding carboxylic acids is 2. The molecule has 3 nitrogen and oxygen atoms in total. The molecule has 2 atom stereocenters. The first-order valence-electron chi connectivity index (χ1n) is 6.75. The number of benzene rings is 1. The molecular formula is C15H15Cl2NO2. The van der Waals surface area contributed by atoms with Crippen molar-refractivity contribution in [2.24, 2.45) is 5.92 Å². The lowest BCUT2D eigenvalue weighted by molar-refractivity contribution is -0.148. The standard InChI is InChI=1S/C15H15Cl2NO2/c16-15(17)12-8-11(6-7-13(12)19)18(14(15)20)9-10-4-2-1-3-5-10/h1-5,11-12H,6-9H2/t11-,12-/m1/s1. The minimum atomic E-state index is -1.61. The predicted molar refractivity (Wildman–Crippen MR) is 77.6 cm³/mol. The van der Waals surface area contributed by atoms with Crippen LogP contribution in [0.5, 0.6) is 0 Å². The highest BCUT2D eigenvalue weighted by Crippen LogP contribution is 2.46. The van der Waals surface area contributed by atoms with Crippen LogP contribution in [0, 0.1) is 5.92 Å². The van der Waals surface area contributed by atoms with Gasteiger partial charge in [-0.15, -0.1) is 0 Å². The van der Waals surface area contributed by atoms with Crippen molar-refractivity contribution < 1.29 is 9.59 Å². The molecule has 1 heterocycles. The second kappa shape index (κ2) is 5.05. The second-order valence-corrected chi connectivity index (χ2v) is 6.87. The van der Waals surface area contributed by atoms with Crippen molar-refractivity contribution in [3.8, 4) is 0 Å². The number of ketones is 1. The number of rotatable bonds is 2. The molecule has 0 spiro atoms. The summed E-state index contributed by atoms with van der Waals surface area (Å²) in [5.41, 5.74) is 1.04. The van der Waals surface area contributed by atoms with Crippen LogP contribution in [0.4, 0.5) is 0 Å². The molecule has 2 bridgehead atoms. The Bertz CT molecular complexity index is 544. The van der Waals surface area contributed by atoms with Gasteiger partial charge in [0.15, 0.2) is 0 Å². The molecule has 0 unspecified atom stereocenters. The van der Waals surface area contributed by atoms with Crippen molar-refractivity contribution in [1.82, 2.24) is 4.90 Å². The van der Waals surface area contributed by atoms with Gasteiger partial charge in [-0.3, -0.25) is 9.59 Å². The Morgan fingerprint density at radius 3 is 2.60 bits per heavy atom. The van der Waals surface area contributed by atoms with Gasteiger partial charge in [-0.25, -0.2) is 0 Å². The quantitative estimate of drug-likeness (QED) is 0.788. The molecule has 1 aliphatic heterocycles. The van der Waals surface area contributed by atoms with Crippen molar-refractivity contribution in [3.05, 3.63) is 35.9 Å². The first-order chi connectivity index (χ1) is 9.50. The molecule has 106 valence electrons. The number of amides is 1. The fourth-order valence-corrected chi connectivity index (χ4v) is 3.76. The number of carbonyl (C=O) groups is 2. The maximum atomic E-state index is 12.5. The van der Waals surface area contributed by atoms with Gasteiger partial charge in [0.2, 0.25) is 4.33 Å². The maximum absolute atomic E-state index is 12.5. The lowest BCUT2D eigenvalue weighted by Gasteiger charge is -2.47. The zero-order valence-electron chi connectivity index (χ0n) is 10.9. The van der Waals surface area contributed by atoms with Crippen molar-refractivity contribution in [3.63, 3.8) is 0 Å². The first kappa shape index (κ1) is 13.9. The van der Waals surface area contributed by atoms with E-state index in [4.69, 9.17) is 23.2 Å². The molecule has 5 heteroatoms. The predicted octanol–water partition coefficient (Wildman–Crippen LogP) is 2.94. The van der Waals surface area contributed by atoms with Gasteiger partial charge in [0, 0.05) is 19.0 Å². The number of alkyl halides is 2. The zero-order chi connectivity index (χ0) is 14.3. The van der Waals surface area contributed by atoms with E-state index in [2.05, 4.69) is 0 Å². The van der Waals surface area contributed by atoms with Crippen LogP contribution in [0.3, 0.4) is 0 Å². The molecule has 1 saturated carbocycles. The molecule has 3 rings (SSSR count). The molecule has 0 aromatic heterocycles. The molecular weight excluding hydrogens is 297 g/mol. The van der Waals surface area contributed by atoms with Gasteiger partial charge in [-0.1, -0.05) is 53.5 Å². The number of nitrogens with zero attached hydrogens (tertiary/aromatic N) is 1. The van der Waals surface area contributed by atoms with E-state index in [1.807, 2.05) is 30.3 Å². The summed E-state index contributed by atoms with van der Waals surface area (Å²) in [6.45, 7) is 0.493. The number of hydrogen-bond donors (Lipinski definition) is 0. The van der Waals surface area contributed by atoms with Crippen LogP contribution in [0.1, 0.15) is 24.8 Å². The van der Waals surface area contributed by atoms with E-state index in [1.54, 1.807) is 4.90 Å². The van der Waals surface area contributed by atoms with Crippen LogP contribution in [0.2, 0.25) is 0 Å². The van der Waals surface area contributed by atoms with Gasteiger partial charge >= 0.3 is 0 Å². The smallest absolute Gasteiger partial charge is 0.260 e. The van der Waals surface area contributed by atoms with E-state index < -0.39 is 10.3 Å². The maximum Gasteiger partial charge on any atom is 0.260 e. The average Bonchev–Trinajstić information content (AvgIpc) is 2.44. The third-order valence-electron chi connectivity index (χ3n) is 4.24. The largest absolute Gasteiger partial charge is 0.333 e. The molecule has 0 radical (unpaired) electrons. The van der Waals surface area contributed by atoms with E-state index in [-0.39, 0.29) is 17.7 Å². The minimum Gasteiger partial charge on any atom is -0.333 e. The van der Waals surface area contributed by atoms with E-state index in [0.717, 1.165) is 5.56 Å². The monoisotopic (exact) mass is 311 g/mol. The summed E-state index contributed by atoms with van der Waals surface area (Å²) >= 11 is 12.4. The van der Waals surface area contributed by atoms with Gasteiger partial charge < -0.3 is 4.90 Å². The fourth-order valence-electron chi connectivity index (χ4n) is 3.13. The average molecular weight is 312 g/mol. The summed E-state index contributed by atoms with van der Waals surface area (Å²) in [6, 6.07) is 9.81. The van der Waals surface area contributed by atoms with E-state index in [0.29, 0.717) is 25.8 Å². The Kier molecular flexibility index (Phi) is 3.51. The van der Waals surface area contributed by atoms with Gasteiger partial charge in [0.05, 0.1) is 5.92 Å². The Balaban J connectivity index is 1.88. The SMILES string of the molecule is O=C1CC[C@@H]2C[C@H]1C(Cl)(Cl)C(=O)N2Cc1ccccc1. The molecule has 1 aromatic carbocycles. The van der Waals surface area contributed by atoms with Gasteiger partial charge in [-0.05, 0) is 18.4 Å². The highest BCUT2D eigenvalue weighted by molar-refractivity contribution is 6.59. The number of hydrogen-bond acceptors (Lipinski definition) is 2. The number of halogens is 2. The number of Topliss-reactive ketones (excluding diaryl/α,β-unsaturated/α-hetero) is 1. The molecule has 1 aliphatic carbocycles. The van der Waals surface area contributed by atoms with Gasteiger partial charge in [-0.2, -0.15) is 0 Å². The zero-order valence-corrected chi connectivity index (χ0v) is 12.4. The Hall–Kier alpha value is -1.06. The molecule has 1 aromatic rings. The Labute approximate surface area is 127 Å². The topological polar surface area (TPSA) is 37.4 Å². The van der Waals surface area contributed by atoms with Crippen molar-refractivity contribution in [2.45, 2.75) is 36.2 Å². The summed E-state index contributed by atoms with van der Waals surface area (Å²) in [7, 11) is 0. The number of likely N-dealkylation sites (tertiary alicyclic amines) is 1.